The molecule has 1 unspecified atom stereocenters. The Kier molecular flexibility index (Phi) is 3.46. The largest absolute Gasteiger partial charge is 0.445 e. The Morgan fingerprint density at radius 2 is 1.88 bits per heavy atom. The normalized spacial score (nSPS) is 27.2. The van der Waals surface area contributed by atoms with Gasteiger partial charge in [-0.25, -0.2) is 4.98 Å². The van der Waals surface area contributed by atoms with E-state index in [-0.39, 0.29) is 0 Å². The topological polar surface area (TPSA) is 38.1 Å². The van der Waals surface area contributed by atoms with Crippen molar-refractivity contribution in [1.82, 2.24) is 10.3 Å². The Bertz CT molecular complexity index is 347. The Balaban J connectivity index is 1.70. The van der Waals surface area contributed by atoms with Crippen LogP contribution in [0.15, 0.2) is 10.6 Å². The van der Waals surface area contributed by atoms with Crippen molar-refractivity contribution in [2.24, 2.45) is 0 Å². The zero-order valence-corrected chi connectivity index (χ0v) is 10.5. The third-order valence-electron chi connectivity index (χ3n) is 4.21. The Morgan fingerprint density at radius 3 is 2.59 bits per heavy atom. The molecule has 0 radical (unpaired) electrons. The summed E-state index contributed by atoms with van der Waals surface area (Å²) in [6, 6.07) is 0. The molecule has 2 fully saturated rings. The van der Waals surface area contributed by atoms with Crippen LogP contribution in [0.3, 0.4) is 0 Å². The van der Waals surface area contributed by atoms with E-state index in [9.17, 15) is 0 Å². The molecule has 1 aliphatic heterocycles. The van der Waals surface area contributed by atoms with Crippen molar-refractivity contribution in [2.75, 3.05) is 13.1 Å². The molecule has 1 aromatic heterocycles. The fourth-order valence-electron chi connectivity index (χ4n) is 3.11. The second kappa shape index (κ2) is 5.21. The van der Waals surface area contributed by atoms with Gasteiger partial charge in [0.25, 0.3) is 0 Å². The van der Waals surface area contributed by atoms with E-state index in [1.165, 1.54) is 44.9 Å². The summed E-state index contributed by atoms with van der Waals surface area (Å²) in [5.74, 6) is 3.26. The van der Waals surface area contributed by atoms with Crippen molar-refractivity contribution in [1.29, 1.82) is 0 Å². The second-order valence-electron chi connectivity index (χ2n) is 5.48. The van der Waals surface area contributed by atoms with Crippen molar-refractivity contribution in [2.45, 2.75) is 56.8 Å². The van der Waals surface area contributed by atoms with Crippen molar-refractivity contribution < 1.29 is 4.42 Å². The van der Waals surface area contributed by atoms with Gasteiger partial charge in [-0.2, -0.15) is 0 Å². The van der Waals surface area contributed by atoms with Crippen LogP contribution in [-0.4, -0.2) is 18.1 Å². The number of nitrogens with one attached hydrogen (secondary N) is 1. The molecule has 3 heteroatoms. The quantitative estimate of drug-likeness (QED) is 0.799. The smallest absolute Gasteiger partial charge is 0.198 e. The van der Waals surface area contributed by atoms with E-state index < -0.39 is 0 Å². The Hall–Kier alpha value is -0.830. The highest BCUT2D eigenvalue weighted by Gasteiger charge is 2.24. The molecule has 1 saturated heterocycles. The molecule has 3 rings (SSSR count). The predicted octanol–water partition coefficient (Wildman–Crippen LogP) is 3.19. The van der Waals surface area contributed by atoms with Gasteiger partial charge < -0.3 is 9.73 Å². The van der Waals surface area contributed by atoms with E-state index >= 15 is 0 Å². The van der Waals surface area contributed by atoms with Crippen LogP contribution < -0.4 is 5.32 Å². The molecule has 1 aliphatic carbocycles. The lowest BCUT2D eigenvalue weighted by atomic mass is 9.98. The summed E-state index contributed by atoms with van der Waals surface area (Å²) in [5.41, 5.74) is 0. The van der Waals surface area contributed by atoms with Gasteiger partial charge in [-0.3, -0.25) is 0 Å². The highest BCUT2D eigenvalue weighted by molar-refractivity contribution is 5.06. The molecule has 1 atom stereocenters. The summed E-state index contributed by atoms with van der Waals surface area (Å²) in [7, 11) is 0. The molecular weight excluding hydrogens is 212 g/mol. The highest BCUT2D eigenvalue weighted by atomic mass is 16.4. The summed E-state index contributed by atoms with van der Waals surface area (Å²) in [6.45, 7) is 2.14. The van der Waals surface area contributed by atoms with Gasteiger partial charge >= 0.3 is 0 Å². The minimum Gasteiger partial charge on any atom is -0.445 e. The van der Waals surface area contributed by atoms with E-state index in [1.54, 1.807) is 0 Å². The highest BCUT2D eigenvalue weighted by Crippen LogP contribution is 2.33. The minimum atomic E-state index is 0.509. The molecule has 17 heavy (non-hydrogen) atoms. The van der Waals surface area contributed by atoms with Crippen molar-refractivity contribution in [3.63, 3.8) is 0 Å². The van der Waals surface area contributed by atoms with E-state index in [0.717, 1.165) is 24.7 Å². The fraction of sp³-hybridized carbons (Fsp3) is 0.786. The van der Waals surface area contributed by atoms with Crippen LogP contribution in [0.25, 0.3) is 0 Å². The number of aromatic nitrogens is 1. The van der Waals surface area contributed by atoms with E-state index in [2.05, 4.69) is 10.3 Å². The van der Waals surface area contributed by atoms with Gasteiger partial charge in [0, 0.05) is 18.4 Å². The number of oxazole rings is 1. The molecule has 1 N–H and O–H groups in total. The average Bonchev–Trinajstić information content (AvgIpc) is 2.95. The molecule has 1 saturated carbocycles. The molecule has 0 bridgehead atoms. The van der Waals surface area contributed by atoms with Gasteiger partial charge in [0.05, 0.1) is 6.20 Å². The standard InChI is InChI=1S/C14H22N2O/c1-2-4-6-11(5-3-1)13-10-16-14(17-13)12-7-8-15-9-12/h10-12,15H,1-9H2. The summed E-state index contributed by atoms with van der Waals surface area (Å²) >= 11 is 0. The molecule has 3 nitrogen and oxygen atoms in total. The average molecular weight is 234 g/mol. The monoisotopic (exact) mass is 234 g/mol. The minimum absolute atomic E-state index is 0.509. The van der Waals surface area contributed by atoms with Crippen molar-refractivity contribution in [3.05, 3.63) is 17.8 Å². The summed E-state index contributed by atoms with van der Waals surface area (Å²) in [4.78, 5) is 4.50. The number of hydrogen-bond acceptors (Lipinski definition) is 3. The zero-order chi connectivity index (χ0) is 11.5. The van der Waals surface area contributed by atoms with E-state index in [0.29, 0.717) is 11.8 Å². The van der Waals surface area contributed by atoms with Gasteiger partial charge in [-0.1, -0.05) is 25.7 Å². The molecule has 2 aliphatic rings. The van der Waals surface area contributed by atoms with Gasteiger partial charge in [0.2, 0.25) is 0 Å². The molecule has 0 amide bonds. The van der Waals surface area contributed by atoms with Crippen LogP contribution in [0, 0.1) is 0 Å². The molecule has 0 spiro atoms. The summed E-state index contributed by atoms with van der Waals surface area (Å²) < 4.78 is 6.01. The summed E-state index contributed by atoms with van der Waals surface area (Å²) in [5, 5.41) is 3.37. The molecular formula is C14H22N2O. The van der Waals surface area contributed by atoms with Crippen molar-refractivity contribution >= 4 is 0 Å². The maximum absolute atomic E-state index is 6.01. The Labute approximate surface area is 103 Å². The van der Waals surface area contributed by atoms with Crippen LogP contribution in [-0.2, 0) is 0 Å². The van der Waals surface area contributed by atoms with E-state index in [1.807, 2.05) is 6.20 Å². The lowest BCUT2D eigenvalue weighted by Crippen LogP contribution is -2.08. The zero-order valence-electron chi connectivity index (χ0n) is 10.5. The molecule has 2 heterocycles. The van der Waals surface area contributed by atoms with E-state index in [4.69, 9.17) is 4.42 Å². The number of hydrogen-bond donors (Lipinski definition) is 1. The van der Waals surface area contributed by atoms with Crippen LogP contribution in [0.1, 0.15) is 68.4 Å². The van der Waals surface area contributed by atoms with Gasteiger partial charge in [-0.15, -0.1) is 0 Å². The first-order valence-electron chi connectivity index (χ1n) is 7.10. The van der Waals surface area contributed by atoms with Crippen molar-refractivity contribution in [3.8, 4) is 0 Å². The SMILES string of the molecule is c1nc(C2CCNC2)oc1C1CCCCCC1. The lowest BCUT2D eigenvalue weighted by molar-refractivity contribution is 0.386. The number of rotatable bonds is 2. The third-order valence-corrected chi connectivity index (χ3v) is 4.21. The molecule has 0 aromatic carbocycles. The lowest BCUT2D eigenvalue weighted by Gasteiger charge is -2.10. The van der Waals surface area contributed by atoms with Crippen LogP contribution in [0.4, 0.5) is 0 Å². The van der Waals surface area contributed by atoms with Gasteiger partial charge in [-0.05, 0) is 25.8 Å². The maximum Gasteiger partial charge on any atom is 0.198 e. The second-order valence-corrected chi connectivity index (χ2v) is 5.48. The predicted molar refractivity (Wildman–Crippen MR) is 67.2 cm³/mol. The first-order valence-corrected chi connectivity index (χ1v) is 7.10. The van der Waals surface area contributed by atoms with Crippen LogP contribution in [0.5, 0.6) is 0 Å². The fourth-order valence-corrected chi connectivity index (χ4v) is 3.11. The third kappa shape index (κ3) is 2.54. The first kappa shape index (κ1) is 11.3. The number of nitrogens with zero attached hydrogens (tertiary/aromatic N) is 1. The summed E-state index contributed by atoms with van der Waals surface area (Å²) in [6.07, 6.45) is 11.2. The van der Waals surface area contributed by atoms with Gasteiger partial charge in [0.15, 0.2) is 5.89 Å². The molecule has 1 aromatic rings. The first-order chi connectivity index (χ1) is 8.43. The maximum atomic E-state index is 6.01. The van der Waals surface area contributed by atoms with Gasteiger partial charge in [0.1, 0.15) is 5.76 Å². The van der Waals surface area contributed by atoms with Crippen LogP contribution >= 0.6 is 0 Å². The molecule has 94 valence electrons. The van der Waals surface area contributed by atoms with Crippen LogP contribution in [0.2, 0.25) is 0 Å². The Morgan fingerprint density at radius 1 is 1.06 bits per heavy atom.